The van der Waals surface area contributed by atoms with Crippen molar-refractivity contribution in [3.05, 3.63) is 29.3 Å². The van der Waals surface area contributed by atoms with E-state index in [-0.39, 0.29) is 21.5 Å². The molecule has 1 aromatic carbocycles. The zero-order valence-corrected chi connectivity index (χ0v) is 11.4. The molecule has 0 aromatic heterocycles. The van der Waals surface area contributed by atoms with Crippen LogP contribution in [-0.2, 0) is 9.84 Å². The zero-order chi connectivity index (χ0) is 13.2. The van der Waals surface area contributed by atoms with Gasteiger partial charge in [-0.2, -0.15) is 12.6 Å². The van der Waals surface area contributed by atoms with E-state index in [9.17, 15) is 13.2 Å². The lowest BCUT2D eigenvalue weighted by molar-refractivity contribution is 0.0999. The number of carbonyl (C=O) groups excluding carboxylic acids is 1. The maximum absolute atomic E-state index is 11.6. The van der Waals surface area contributed by atoms with Crippen LogP contribution in [0.4, 0.5) is 0 Å². The summed E-state index contributed by atoms with van der Waals surface area (Å²) < 4.78 is 23.3. The lowest BCUT2D eigenvalue weighted by Crippen LogP contribution is -2.16. The third-order valence-corrected chi connectivity index (χ3v) is 4.77. The van der Waals surface area contributed by atoms with Crippen LogP contribution in [0.2, 0.25) is 0 Å². The van der Waals surface area contributed by atoms with Crippen LogP contribution < -0.4 is 5.73 Å². The quantitative estimate of drug-likeness (QED) is 0.817. The molecule has 0 bridgehead atoms. The number of rotatable bonds is 4. The molecule has 0 spiro atoms. The fourth-order valence-corrected chi connectivity index (χ4v) is 2.69. The highest BCUT2D eigenvalue weighted by molar-refractivity contribution is 8.03. The maximum atomic E-state index is 11.6. The van der Waals surface area contributed by atoms with Crippen LogP contribution >= 0.6 is 12.6 Å². The molecule has 2 N–H and O–H groups in total. The number of nitrogens with two attached hydrogens (primary N) is 1. The Bertz CT molecular complexity index is 536. The standard InChI is InChI=1S/C11H15NO3S2/c1-7(2)9-4-3-8(17(14,15)6-16)5-10(9)11(12)13/h3-5,7,16H,6H2,1-2H3,(H2,12,13). The number of amides is 1. The van der Waals surface area contributed by atoms with Crippen molar-refractivity contribution in [2.75, 3.05) is 5.08 Å². The van der Waals surface area contributed by atoms with Crippen molar-refractivity contribution in [3.63, 3.8) is 0 Å². The Labute approximate surface area is 107 Å². The van der Waals surface area contributed by atoms with Gasteiger partial charge in [-0.3, -0.25) is 4.79 Å². The number of carbonyl (C=O) groups is 1. The number of primary amides is 1. The molecule has 4 nitrogen and oxygen atoms in total. The molecule has 1 amide bonds. The Morgan fingerprint density at radius 1 is 1.41 bits per heavy atom. The molecule has 17 heavy (non-hydrogen) atoms. The molecule has 1 rings (SSSR count). The van der Waals surface area contributed by atoms with E-state index in [2.05, 4.69) is 12.6 Å². The van der Waals surface area contributed by atoms with Crippen molar-refractivity contribution < 1.29 is 13.2 Å². The van der Waals surface area contributed by atoms with Crippen LogP contribution in [0, 0.1) is 0 Å². The number of sulfone groups is 1. The normalized spacial score (nSPS) is 11.8. The third-order valence-electron chi connectivity index (χ3n) is 2.44. The highest BCUT2D eigenvalue weighted by Gasteiger charge is 2.17. The van der Waals surface area contributed by atoms with Gasteiger partial charge in [0.25, 0.3) is 0 Å². The molecular formula is C11H15NO3S2. The van der Waals surface area contributed by atoms with E-state index in [1.165, 1.54) is 12.1 Å². The van der Waals surface area contributed by atoms with Crippen molar-refractivity contribution in [2.24, 2.45) is 5.73 Å². The van der Waals surface area contributed by atoms with Crippen LogP contribution in [0.1, 0.15) is 35.7 Å². The van der Waals surface area contributed by atoms with Crippen molar-refractivity contribution >= 4 is 28.4 Å². The van der Waals surface area contributed by atoms with E-state index in [1.54, 1.807) is 6.07 Å². The topological polar surface area (TPSA) is 77.2 Å². The Hall–Kier alpha value is -1.01. The van der Waals surface area contributed by atoms with E-state index >= 15 is 0 Å². The maximum Gasteiger partial charge on any atom is 0.249 e. The largest absolute Gasteiger partial charge is 0.366 e. The van der Waals surface area contributed by atoms with Gasteiger partial charge in [-0.05, 0) is 23.6 Å². The minimum Gasteiger partial charge on any atom is -0.366 e. The molecule has 94 valence electrons. The Morgan fingerprint density at radius 3 is 2.41 bits per heavy atom. The summed E-state index contributed by atoms with van der Waals surface area (Å²) in [6, 6.07) is 4.43. The molecule has 0 aliphatic rings. The van der Waals surface area contributed by atoms with Crippen LogP contribution in [0.3, 0.4) is 0 Å². The molecule has 0 fully saturated rings. The minimum atomic E-state index is -3.44. The van der Waals surface area contributed by atoms with Gasteiger partial charge in [-0.25, -0.2) is 8.42 Å². The third kappa shape index (κ3) is 3.01. The lowest BCUT2D eigenvalue weighted by Gasteiger charge is -2.12. The lowest BCUT2D eigenvalue weighted by atomic mass is 9.97. The van der Waals surface area contributed by atoms with Gasteiger partial charge in [0.05, 0.1) is 9.98 Å². The van der Waals surface area contributed by atoms with Gasteiger partial charge in [0.2, 0.25) is 5.91 Å². The summed E-state index contributed by atoms with van der Waals surface area (Å²) in [5, 5.41) is -0.299. The van der Waals surface area contributed by atoms with Gasteiger partial charge in [-0.15, -0.1) is 0 Å². The summed E-state index contributed by atoms with van der Waals surface area (Å²) in [6.07, 6.45) is 0. The minimum absolute atomic E-state index is 0.0747. The first-order valence-electron chi connectivity index (χ1n) is 5.07. The Kier molecular flexibility index (Phi) is 4.21. The van der Waals surface area contributed by atoms with Gasteiger partial charge < -0.3 is 5.73 Å². The summed E-state index contributed by atoms with van der Waals surface area (Å²) in [7, 11) is -3.44. The smallest absolute Gasteiger partial charge is 0.249 e. The molecule has 6 heteroatoms. The molecule has 0 aliphatic heterocycles. The van der Waals surface area contributed by atoms with E-state index in [0.29, 0.717) is 0 Å². The van der Waals surface area contributed by atoms with Crippen molar-refractivity contribution in [1.82, 2.24) is 0 Å². The first kappa shape index (κ1) is 14.1. The van der Waals surface area contributed by atoms with E-state index in [0.717, 1.165) is 5.56 Å². The Morgan fingerprint density at radius 2 is 2.00 bits per heavy atom. The Balaban J connectivity index is 3.44. The summed E-state index contributed by atoms with van der Waals surface area (Å²) in [5.41, 5.74) is 6.25. The predicted molar refractivity (Wildman–Crippen MR) is 70.1 cm³/mol. The zero-order valence-electron chi connectivity index (χ0n) is 9.67. The first-order valence-corrected chi connectivity index (χ1v) is 7.35. The van der Waals surface area contributed by atoms with E-state index < -0.39 is 15.7 Å². The molecule has 0 saturated heterocycles. The molecule has 0 aliphatic carbocycles. The van der Waals surface area contributed by atoms with Crippen molar-refractivity contribution in [1.29, 1.82) is 0 Å². The van der Waals surface area contributed by atoms with Gasteiger partial charge in [0.1, 0.15) is 0 Å². The highest BCUT2D eigenvalue weighted by atomic mass is 32.2. The summed E-state index contributed by atoms with van der Waals surface area (Å²) >= 11 is 3.76. The second-order valence-corrected chi connectivity index (χ2v) is 6.75. The van der Waals surface area contributed by atoms with Crippen LogP contribution in [0.15, 0.2) is 23.1 Å². The molecule has 1 aromatic rings. The fraction of sp³-hybridized carbons (Fsp3) is 0.364. The monoisotopic (exact) mass is 273 g/mol. The van der Waals surface area contributed by atoms with Gasteiger partial charge >= 0.3 is 0 Å². The average molecular weight is 273 g/mol. The number of benzene rings is 1. The van der Waals surface area contributed by atoms with Gasteiger partial charge in [0.15, 0.2) is 9.84 Å². The highest BCUT2D eigenvalue weighted by Crippen LogP contribution is 2.23. The number of hydrogen-bond acceptors (Lipinski definition) is 4. The van der Waals surface area contributed by atoms with Crippen LogP contribution in [0.5, 0.6) is 0 Å². The molecule has 0 unspecified atom stereocenters. The van der Waals surface area contributed by atoms with E-state index in [4.69, 9.17) is 5.73 Å². The summed E-state index contributed by atoms with van der Waals surface area (Å²) in [4.78, 5) is 11.4. The molecule has 0 saturated carbocycles. The fourth-order valence-electron chi connectivity index (χ4n) is 1.52. The SMILES string of the molecule is CC(C)c1ccc(S(=O)(=O)CS)cc1C(N)=O. The van der Waals surface area contributed by atoms with Crippen LogP contribution in [-0.4, -0.2) is 19.4 Å². The number of thiol groups is 1. The second kappa shape index (κ2) is 5.10. The molecule has 0 atom stereocenters. The molecule has 0 heterocycles. The summed E-state index contributed by atoms with van der Waals surface area (Å²) in [6.45, 7) is 3.82. The summed E-state index contributed by atoms with van der Waals surface area (Å²) in [5.74, 6) is -0.518. The van der Waals surface area contributed by atoms with Crippen molar-refractivity contribution in [3.8, 4) is 0 Å². The number of hydrogen-bond donors (Lipinski definition) is 2. The molecular weight excluding hydrogens is 258 g/mol. The van der Waals surface area contributed by atoms with Gasteiger partial charge in [0, 0.05) is 5.56 Å². The predicted octanol–water partition coefficient (Wildman–Crippen LogP) is 1.57. The van der Waals surface area contributed by atoms with Crippen molar-refractivity contribution in [2.45, 2.75) is 24.7 Å². The first-order chi connectivity index (χ1) is 7.79. The van der Waals surface area contributed by atoms with Crippen LogP contribution in [0.25, 0.3) is 0 Å². The van der Waals surface area contributed by atoms with E-state index in [1.807, 2.05) is 13.8 Å². The van der Waals surface area contributed by atoms with Gasteiger partial charge in [-0.1, -0.05) is 19.9 Å². The second-order valence-electron chi connectivity index (χ2n) is 4.01. The average Bonchev–Trinajstić information content (AvgIpc) is 2.28. The molecule has 0 radical (unpaired) electrons.